The fourth-order valence-corrected chi connectivity index (χ4v) is 5.88. The molecule has 0 aromatic carbocycles. The smallest absolute Gasteiger partial charge is 0.254 e. The zero-order chi connectivity index (χ0) is 16.1. The summed E-state index contributed by atoms with van der Waals surface area (Å²) in [4.78, 5) is 28.6. The predicted octanol–water partition coefficient (Wildman–Crippen LogP) is 1.68. The third kappa shape index (κ3) is 2.36. The molecule has 0 saturated heterocycles. The molecule has 0 aliphatic carbocycles. The van der Waals surface area contributed by atoms with Gasteiger partial charge >= 0.3 is 0 Å². The Labute approximate surface area is 138 Å². The lowest BCUT2D eigenvalue weighted by Crippen LogP contribution is -2.52. The number of carbonyl (C=O) groups is 2. The molecule has 11 heteroatoms. The number of nitrogens with zero attached hydrogens (tertiary/aromatic N) is 2. The van der Waals surface area contributed by atoms with Gasteiger partial charge in [-0.1, -0.05) is 11.6 Å². The molecule has 22 heavy (non-hydrogen) atoms. The van der Waals surface area contributed by atoms with Crippen LogP contribution in [-0.2, 0) is 14.8 Å². The van der Waals surface area contributed by atoms with E-state index in [4.69, 9.17) is 11.6 Å². The molecule has 116 valence electrons. The van der Waals surface area contributed by atoms with Crippen LogP contribution in [0.2, 0.25) is 4.34 Å². The molecule has 1 atom stereocenters. The molecule has 7 nitrogen and oxygen atoms in total. The van der Waals surface area contributed by atoms with Crippen molar-refractivity contribution in [1.29, 1.82) is 0 Å². The van der Waals surface area contributed by atoms with Crippen molar-refractivity contribution in [2.75, 3.05) is 12.4 Å². The van der Waals surface area contributed by atoms with Crippen molar-refractivity contribution in [1.82, 2.24) is 9.29 Å². The fourth-order valence-electron chi connectivity index (χ4n) is 2.03. The van der Waals surface area contributed by atoms with Crippen LogP contribution in [-0.4, -0.2) is 42.5 Å². The van der Waals surface area contributed by atoms with Gasteiger partial charge in [-0.25, -0.2) is 13.4 Å². The molecule has 0 radical (unpaired) electrons. The minimum atomic E-state index is -3.94. The second-order valence-electron chi connectivity index (χ2n) is 4.37. The number of carbonyl (C=O) groups excluding carboxylic acids is 2. The van der Waals surface area contributed by atoms with Gasteiger partial charge in [-0.05, 0) is 6.07 Å². The number of likely N-dealkylation sites (N-methyl/N-ethyl adjacent to an activating group) is 1. The molecule has 3 heterocycles. The number of rotatable bonds is 2. The summed E-state index contributed by atoms with van der Waals surface area (Å²) >= 11 is 7.77. The summed E-state index contributed by atoms with van der Waals surface area (Å²) < 4.78 is 25.6. The van der Waals surface area contributed by atoms with E-state index in [0.717, 1.165) is 15.6 Å². The van der Waals surface area contributed by atoms with Crippen molar-refractivity contribution < 1.29 is 18.0 Å². The lowest BCUT2D eigenvalue weighted by atomic mass is 10.1. The molecule has 2 aromatic rings. The van der Waals surface area contributed by atoms with Gasteiger partial charge in [-0.15, -0.1) is 22.7 Å². The number of hydrogen-bond acceptors (Lipinski definition) is 7. The van der Waals surface area contributed by atoms with Gasteiger partial charge in [0.05, 0.1) is 9.90 Å². The summed E-state index contributed by atoms with van der Waals surface area (Å²) in [5.41, 5.74) is -0.0487. The average Bonchev–Trinajstić information content (AvgIpc) is 3.07. The van der Waals surface area contributed by atoms with E-state index in [1.165, 1.54) is 30.6 Å². The largest absolute Gasteiger partial charge is 0.300 e. The molecule has 1 aliphatic rings. The zero-order valence-corrected chi connectivity index (χ0v) is 14.1. The highest BCUT2D eigenvalue weighted by Gasteiger charge is 2.47. The van der Waals surface area contributed by atoms with Crippen molar-refractivity contribution in [2.24, 2.45) is 0 Å². The van der Waals surface area contributed by atoms with E-state index in [1.54, 1.807) is 5.38 Å². The maximum absolute atomic E-state index is 12.5. The summed E-state index contributed by atoms with van der Waals surface area (Å²) in [6, 6.07) is -0.204. The van der Waals surface area contributed by atoms with Crippen LogP contribution in [0.4, 0.5) is 5.13 Å². The van der Waals surface area contributed by atoms with Gasteiger partial charge in [0.25, 0.3) is 15.9 Å². The van der Waals surface area contributed by atoms with Crippen LogP contribution in [0.15, 0.2) is 21.9 Å². The van der Waals surface area contributed by atoms with Gasteiger partial charge in [0.1, 0.15) is 4.21 Å². The van der Waals surface area contributed by atoms with Gasteiger partial charge < -0.3 is 5.32 Å². The second-order valence-corrected chi connectivity index (χ2v) is 9.14. The van der Waals surface area contributed by atoms with E-state index in [0.29, 0.717) is 0 Å². The Hall–Kier alpha value is -1.33. The molecule has 1 N–H and O–H groups in total. The summed E-state index contributed by atoms with van der Waals surface area (Å²) in [5, 5.41) is 4.38. The number of fused-ring (bicyclic) bond motifs is 1. The number of thiophene rings is 1. The summed E-state index contributed by atoms with van der Waals surface area (Å²) in [7, 11) is -2.75. The van der Waals surface area contributed by atoms with Crippen molar-refractivity contribution >= 4 is 61.1 Å². The Balaban J connectivity index is 2.02. The maximum atomic E-state index is 12.5. The van der Waals surface area contributed by atoms with Gasteiger partial charge in [-0.3, -0.25) is 9.59 Å². The van der Waals surface area contributed by atoms with Crippen LogP contribution in [0.3, 0.4) is 0 Å². The Morgan fingerprint density at radius 2 is 2.23 bits per heavy atom. The third-order valence-corrected chi connectivity index (χ3v) is 7.36. The number of thiazole rings is 1. The Morgan fingerprint density at radius 1 is 1.50 bits per heavy atom. The number of ketones is 1. The van der Waals surface area contributed by atoms with E-state index in [1.807, 2.05) is 0 Å². The standard InChI is InChI=1S/C11H8ClN3O4S3/c1-15-7(9(17)14-11-13-2-3-20-11)8(16)5-4-6(12)21-10(5)22(15,18)19/h2-4,7H,1H3,(H,13,14,17). The van der Waals surface area contributed by atoms with Crippen molar-refractivity contribution in [3.8, 4) is 0 Å². The number of sulfonamides is 1. The van der Waals surface area contributed by atoms with Crippen LogP contribution in [0.25, 0.3) is 0 Å². The molecule has 0 saturated carbocycles. The third-order valence-electron chi connectivity index (χ3n) is 3.07. The minimum Gasteiger partial charge on any atom is -0.300 e. The Kier molecular flexibility index (Phi) is 3.81. The topological polar surface area (TPSA) is 96.4 Å². The summed E-state index contributed by atoms with van der Waals surface area (Å²) in [6.07, 6.45) is 1.49. The molecule has 1 amide bonds. The maximum Gasteiger partial charge on any atom is 0.254 e. The van der Waals surface area contributed by atoms with Crippen molar-refractivity contribution in [2.45, 2.75) is 10.3 Å². The number of aromatic nitrogens is 1. The molecule has 2 aromatic heterocycles. The lowest BCUT2D eigenvalue weighted by molar-refractivity contribution is -0.118. The number of Topliss-reactive ketones (excluding diaryl/α,β-unsaturated/α-hetero) is 1. The van der Waals surface area contributed by atoms with E-state index in [9.17, 15) is 18.0 Å². The summed E-state index contributed by atoms with van der Waals surface area (Å²) in [5.74, 6) is -1.36. The van der Waals surface area contributed by atoms with Crippen LogP contribution in [0.5, 0.6) is 0 Å². The van der Waals surface area contributed by atoms with Gasteiger partial charge in [0.2, 0.25) is 0 Å². The molecule has 1 aliphatic heterocycles. The highest BCUT2D eigenvalue weighted by Crippen LogP contribution is 2.38. The zero-order valence-electron chi connectivity index (χ0n) is 10.9. The molecule has 1 unspecified atom stereocenters. The fraction of sp³-hybridized carbons (Fsp3) is 0.182. The molecule has 0 bridgehead atoms. The van der Waals surface area contributed by atoms with Gasteiger partial charge in [0.15, 0.2) is 17.0 Å². The van der Waals surface area contributed by atoms with Crippen LogP contribution < -0.4 is 5.32 Å². The van der Waals surface area contributed by atoms with Crippen molar-refractivity contribution in [3.63, 3.8) is 0 Å². The number of amides is 1. The van der Waals surface area contributed by atoms with Crippen LogP contribution >= 0.6 is 34.3 Å². The van der Waals surface area contributed by atoms with E-state index >= 15 is 0 Å². The Bertz CT molecular complexity index is 859. The predicted molar refractivity (Wildman–Crippen MR) is 83.1 cm³/mol. The number of anilines is 1. The van der Waals surface area contributed by atoms with Gasteiger partial charge in [0, 0.05) is 18.6 Å². The second kappa shape index (κ2) is 5.39. The molecular formula is C11H8ClN3O4S3. The quantitative estimate of drug-likeness (QED) is 0.803. The molecule has 0 fully saturated rings. The summed E-state index contributed by atoms with van der Waals surface area (Å²) in [6.45, 7) is 0. The molecular weight excluding hydrogens is 370 g/mol. The van der Waals surface area contributed by atoms with Crippen LogP contribution in [0, 0.1) is 0 Å². The monoisotopic (exact) mass is 377 g/mol. The van der Waals surface area contributed by atoms with E-state index in [-0.39, 0.29) is 19.2 Å². The first kappa shape index (κ1) is 15.6. The minimum absolute atomic E-state index is 0.0487. The van der Waals surface area contributed by atoms with E-state index < -0.39 is 27.8 Å². The lowest BCUT2D eigenvalue weighted by Gasteiger charge is -2.28. The first-order chi connectivity index (χ1) is 10.3. The normalized spacial score (nSPS) is 20.6. The first-order valence-electron chi connectivity index (χ1n) is 5.84. The van der Waals surface area contributed by atoms with Gasteiger partial charge in [-0.2, -0.15) is 4.31 Å². The highest BCUT2D eigenvalue weighted by atomic mass is 35.5. The molecule has 0 spiro atoms. The number of nitrogens with one attached hydrogen (secondary N) is 1. The molecule has 3 rings (SSSR count). The highest BCUT2D eigenvalue weighted by molar-refractivity contribution is 7.91. The Morgan fingerprint density at radius 3 is 2.86 bits per heavy atom. The first-order valence-corrected chi connectivity index (χ1v) is 9.35. The van der Waals surface area contributed by atoms with E-state index in [2.05, 4.69) is 10.3 Å². The number of hydrogen-bond donors (Lipinski definition) is 1. The SMILES string of the molecule is CN1C(C(=O)Nc2nccs2)C(=O)c2cc(Cl)sc2S1(=O)=O. The van der Waals surface area contributed by atoms with Crippen LogP contribution in [0.1, 0.15) is 10.4 Å². The van der Waals surface area contributed by atoms with Crippen molar-refractivity contribution in [3.05, 3.63) is 27.5 Å². The number of halogens is 1. The average molecular weight is 378 g/mol.